The van der Waals surface area contributed by atoms with E-state index in [1.54, 1.807) is 0 Å². The number of aliphatic hydroxyl groups is 1. The zero-order valence-electron chi connectivity index (χ0n) is 9.06. The quantitative estimate of drug-likeness (QED) is 0.745. The molecule has 86 valence electrons. The van der Waals surface area contributed by atoms with Crippen molar-refractivity contribution in [1.82, 2.24) is 9.78 Å². The molecule has 1 aliphatic rings. The van der Waals surface area contributed by atoms with E-state index in [1.165, 1.54) is 4.68 Å². The maximum absolute atomic E-state index is 9.07. The topological polar surface area (TPSA) is 91.1 Å². The van der Waals surface area contributed by atoms with Gasteiger partial charge in [-0.25, -0.2) is 4.68 Å². The van der Waals surface area contributed by atoms with Gasteiger partial charge in [-0.15, -0.1) is 0 Å². The van der Waals surface area contributed by atoms with E-state index in [0.717, 1.165) is 25.9 Å². The van der Waals surface area contributed by atoms with E-state index < -0.39 is 0 Å². The Balaban J connectivity index is 2.36. The second-order valence-electron chi connectivity index (χ2n) is 3.84. The molecule has 0 unspecified atom stereocenters. The third kappa shape index (κ3) is 1.70. The van der Waals surface area contributed by atoms with Gasteiger partial charge in [0.05, 0.1) is 13.2 Å². The van der Waals surface area contributed by atoms with Crippen molar-refractivity contribution >= 4 is 11.6 Å². The van der Waals surface area contributed by atoms with Gasteiger partial charge in [0, 0.05) is 13.1 Å². The Bertz CT molecular complexity index is 414. The fourth-order valence-corrected chi connectivity index (χ4v) is 1.98. The summed E-state index contributed by atoms with van der Waals surface area (Å²) in [7, 11) is 0. The fraction of sp³-hybridized carbons (Fsp3) is 0.600. The first-order valence-corrected chi connectivity index (χ1v) is 5.40. The van der Waals surface area contributed by atoms with Crippen molar-refractivity contribution in [3.63, 3.8) is 0 Å². The number of hydrogen-bond donors (Lipinski definition) is 2. The first-order chi connectivity index (χ1) is 7.77. The summed E-state index contributed by atoms with van der Waals surface area (Å²) in [6, 6.07) is 2.09. The molecule has 6 nitrogen and oxygen atoms in total. The summed E-state index contributed by atoms with van der Waals surface area (Å²) in [5.74, 6) is 1.00. The highest BCUT2D eigenvalue weighted by Gasteiger charge is 2.22. The monoisotopic (exact) mass is 221 g/mol. The average molecular weight is 221 g/mol. The van der Waals surface area contributed by atoms with E-state index >= 15 is 0 Å². The molecule has 0 amide bonds. The summed E-state index contributed by atoms with van der Waals surface area (Å²) in [5, 5.41) is 22.2. The van der Waals surface area contributed by atoms with Crippen LogP contribution in [0.25, 0.3) is 0 Å². The van der Waals surface area contributed by atoms with E-state index in [1.807, 2.05) is 0 Å². The van der Waals surface area contributed by atoms with Crippen LogP contribution < -0.4 is 10.6 Å². The molecule has 0 spiro atoms. The molecule has 2 heterocycles. The van der Waals surface area contributed by atoms with E-state index in [9.17, 15) is 0 Å². The first kappa shape index (κ1) is 10.8. The Morgan fingerprint density at radius 3 is 2.69 bits per heavy atom. The van der Waals surface area contributed by atoms with Gasteiger partial charge >= 0.3 is 0 Å². The molecule has 0 bridgehead atoms. The van der Waals surface area contributed by atoms with Crippen LogP contribution in [-0.4, -0.2) is 34.6 Å². The van der Waals surface area contributed by atoms with Crippen LogP contribution in [0.1, 0.15) is 18.4 Å². The zero-order chi connectivity index (χ0) is 11.5. The molecule has 0 saturated carbocycles. The van der Waals surface area contributed by atoms with Crippen molar-refractivity contribution in [1.29, 1.82) is 5.26 Å². The number of rotatable bonds is 3. The normalized spacial score (nSPS) is 15.4. The summed E-state index contributed by atoms with van der Waals surface area (Å²) in [4.78, 5) is 2.07. The van der Waals surface area contributed by atoms with Gasteiger partial charge in [-0.2, -0.15) is 10.4 Å². The van der Waals surface area contributed by atoms with Crippen LogP contribution in [0.15, 0.2) is 0 Å². The maximum Gasteiger partial charge on any atom is 0.170 e. The van der Waals surface area contributed by atoms with Gasteiger partial charge in [0.25, 0.3) is 0 Å². The minimum atomic E-state index is -0.0316. The lowest BCUT2D eigenvalue weighted by molar-refractivity contribution is 0.270. The molecule has 0 radical (unpaired) electrons. The van der Waals surface area contributed by atoms with Crippen LogP contribution in [-0.2, 0) is 6.54 Å². The smallest absolute Gasteiger partial charge is 0.170 e. The number of aliphatic hydroxyl groups excluding tert-OH is 1. The second-order valence-corrected chi connectivity index (χ2v) is 3.84. The zero-order valence-corrected chi connectivity index (χ0v) is 9.06. The molecule has 6 heteroatoms. The molecule has 1 aromatic heterocycles. The lowest BCUT2D eigenvalue weighted by Gasteiger charge is -2.13. The van der Waals surface area contributed by atoms with Crippen LogP contribution in [0.2, 0.25) is 0 Å². The van der Waals surface area contributed by atoms with Gasteiger partial charge in [0.15, 0.2) is 5.82 Å². The number of aromatic nitrogens is 2. The Kier molecular flexibility index (Phi) is 2.97. The number of nitriles is 1. The Labute approximate surface area is 93.9 Å². The minimum absolute atomic E-state index is 0.0316. The predicted molar refractivity (Wildman–Crippen MR) is 59.9 cm³/mol. The summed E-state index contributed by atoms with van der Waals surface area (Å²) in [5.41, 5.74) is 6.23. The molecule has 1 saturated heterocycles. The van der Waals surface area contributed by atoms with Gasteiger partial charge in [-0.05, 0) is 12.8 Å². The third-order valence-electron chi connectivity index (χ3n) is 2.80. The summed E-state index contributed by atoms with van der Waals surface area (Å²) >= 11 is 0. The van der Waals surface area contributed by atoms with Crippen molar-refractivity contribution in [3.05, 3.63) is 5.56 Å². The molecule has 1 aliphatic heterocycles. The highest BCUT2D eigenvalue weighted by molar-refractivity contribution is 5.65. The predicted octanol–water partition coefficient (Wildman–Crippen LogP) is -0.0705. The van der Waals surface area contributed by atoms with Crippen molar-refractivity contribution in [3.8, 4) is 6.07 Å². The number of nitrogens with two attached hydrogens (primary N) is 1. The maximum atomic E-state index is 9.07. The van der Waals surface area contributed by atoms with Crippen molar-refractivity contribution in [2.45, 2.75) is 19.4 Å². The fourth-order valence-electron chi connectivity index (χ4n) is 1.98. The van der Waals surface area contributed by atoms with Crippen molar-refractivity contribution in [2.24, 2.45) is 0 Å². The van der Waals surface area contributed by atoms with E-state index in [0.29, 0.717) is 23.7 Å². The van der Waals surface area contributed by atoms with Crippen molar-refractivity contribution in [2.75, 3.05) is 30.3 Å². The molecule has 0 aromatic carbocycles. The SMILES string of the molecule is N#Cc1c(N2CCCC2)nn(CCO)c1N. The first-order valence-electron chi connectivity index (χ1n) is 5.40. The lowest BCUT2D eigenvalue weighted by atomic mass is 10.3. The van der Waals surface area contributed by atoms with Gasteiger partial charge in [-0.1, -0.05) is 0 Å². The van der Waals surface area contributed by atoms with E-state index in [2.05, 4.69) is 16.1 Å². The van der Waals surface area contributed by atoms with Crippen LogP contribution in [0.4, 0.5) is 11.6 Å². The average Bonchev–Trinajstić information content (AvgIpc) is 2.88. The van der Waals surface area contributed by atoms with Crippen LogP contribution >= 0.6 is 0 Å². The third-order valence-corrected chi connectivity index (χ3v) is 2.80. The molecule has 3 N–H and O–H groups in total. The number of nitrogens with zero attached hydrogens (tertiary/aromatic N) is 4. The van der Waals surface area contributed by atoms with Gasteiger partial charge in [0.1, 0.15) is 17.5 Å². The summed E-state index contributed by atoms with van der Waals surface area (Å²) in [6.07, 6.45) is 2.25. The van der Waals surface area contributed by atoms with Crippen LogP contribution in [0.5, 0.6) is 0 Å². The highest BCUT2D eigenvalue weighted by atomic mass is 16.3. The molecule has 0 atom stereocenters. The summed E-state index contributed by atoms with van der Waals surface area (Å²) < 4.78 is 1.49. The molecular weight excluding hydrogens is 206 g/mol. The summed E-state index contributed by atoms with van der Waals surface area (Å²) in [6.45, 7) is 2.14. The van der Waals surface area contributed by atoms with Crippen molar-refractivity contribution < 1.29 is 5.11 Å². The number of anilines is 2. The van der Waals surface area contributed by atoms with Gasteiger partial charge in [-0.3, -0.25) is 0 Å². The molecular formula is C10H15N5O. The number of nitrogen functional groups attached to an aromatic ring is 1. The number of hydrogen-bond acceptors (Lipinski definition) is 5. The standard InChI is InChI=1S/C10H15N5O/c11-7-8-9(12)15(5-6-16)13-10(8)14-3-1-2-4-14/h16H,1-6,12H2. The largest absolute Gasteiger partial charge is 0.394 e. The second kappa shape index (κ2) is 4.41. The molecule has 1 fully saturated rings. The molecule has 16 heavy (non-hydrogen) atoms. The molecule has 2 rings (SSSR count). The van der Waals surface area contributed by atoms with Gasteiger partial charge < -0.3 is 15.7 Å². The minimum Gasteiger partial charge on any atom is -0.394 e. The Morgan fingerprint density at radius 2 is 2.12 bits per heavy atom. The van der Waals surface area contributed by atoms with E-state index in [4.69, 9.17) is 16.1 Å². The van der Waals surface area contributed by atoms with E-state index in [-0.39, 0.29) is 6.61 Å². The van der Waals surface area contributed by atoms with Gasteiger partial charge in [0.2, 0.25) is 0 Å². The van der Waals surface area contributed by atoms with Crippen LogP contribution in [0, 0.1) is 11.3 Å². The molecule has 0 aliphatic carbocycles. The molecule has 1 aromatic rings. The highest BCUT2D eigenvalue weighted by Crippen LogP contribution is 2.26. The van der Waals surface area contributed by atoms with Crippen LogP contribution in [0.3, 0.4) is 0 Å². The lowest BCUT2D eigenvalue weighted by Crippen LogP contribution is -2.19. The Hall–Kier alpha value is -1.74. The Morgan fingerprint density at radius 1 is 1.44 bits per heavy atom.